The van der Waals surface area contributed by atoms with E-state index in [-0.39, 0.29) is 12.0 Å². The molecule has 17 heavy (non-hydrogen) atoms. The molecule has 0 fully saturated rings. The van der Waals surface area contributed by atoms with Gasteiger partial charge in [-0.1, -0.05) is 30.3 Å². The maximum absolute atomic E-state index is 11.6. The van der Waals surface area contributed by atoms with Gasteiger partial charge in [-0.25, -0.2) is 0 Å². The van der Waals surface area contributed by atoms with E-state index < -0.39 is 0 Å². The first-order valence-electron chi connectivity index (χ1n) is 6.10. The van der Waals surface area contributed by atoms with Gasteiger partial charge in [-0.2, -0.15) is 0 Å². The molecule has 0 radical (unpaired) electrons. The molecule has 0 aliphatic carbocycles. The van der Waals surface area contributed by atoms with Crippen LogP contribution in [-0.2, 0) is 16.0 Å². The first kappa shape index (κ1) is 13.7. The lowest BCUT2D eigenvalue weighted by atomic mass is 10.1. The van der Waals surface area contributed by atoms with Gasteiger partial charge in [-0.05, 0) is 25.8 Å². The minimum absolute atomic E-state index is 0.0701. The van der Waals surface area contributed by atoms with Crippen molar-refractivity contribution in [3.05, 3.63) is 35.9 Å². The van der Waals surface area contributed by atoms with E-state index in [0.29, 0.717) is 19.6 Å². The average Bonchev–Trinajstić information content (AvgIpc) is 2.29. The van der Waals surface area contributed by atoms with Crippen molar-refractivity contribution in [2.24, 2.45) is 0 Å². The standard InChI is InChI=1S/C14H21NO2/c1-12(2)17-10-6-9-15-14(16)11-13-7-4-3-5-8-13/h3-5,7-8,12H,6,9-11H2,1-2H3,(H,15,16). The van der Waals surface area contributed by atoms with Crippen LogP contribution >= 0.6 is 0 Å². The molecular weight excluding hydrogens is 214 g/mol. The topological polar surface area (TPSA) is 38.3 Å². The largest absolute Gasteiger partial charge is 0.379 e. The van der Waals surface area contributed by atoms with Crippen LogP contribution in [0.4, 0.5) is 0 Å². The number of hydrogen-bond acceptors (Lipinski definition) is 2. The van der Waals surface area contributed by atoms with Crippen molar-refractivity contribution in [3.8, 4) is 0 Å². The van der Waals surface area contributed by atoms with Gasteiger partial charge >= 0.3 is 0 Å². The Bertz CT molecular complexity index is 322. The van der Waals surface area contributed by atoms with Gasteiger partial charge in [0.1, 0.15) is 0 Å². The number of amides is 1. The van der Waals surface area contributed by atoms with Crippen molar-refractivity contribution in [1.82, 2.24) is 5.32 Å². The Balaban J connectivity index is 2.10. The summed E-state index contributed by atoms with van der Waals surface area (Å²) in [6.07, 6.45) is 1.57. The summed E-state index contributed by atoms with van der Waals surface area (Å²) in [5.41, 5.74) is 1.04. The van der Waals surface area contributed by atoms with Gasteiger partial charge in [0.15, 0.2) is 0 Å². The van der Waals surface area contributed by atoms with Gasteiger partial charge < -0.3 is 10.1 Å². The molecule has 1 N–H and O–H groups in total. The third kappa shape index (κ3) is 6.74. The van der Waals surface area contributed by atoms with E-state index in [1.807, 2.05) is 44.2 Å². The van der Waals surface area contributed by atoms with Crippen LogP contribution < -0.4 is 5.32 Å². The molecular formula is C14H21NO2. The van der Waals surface area contributed by atoms with Crippen LogP contribution in [0.3, 0.4) is 0 Å². The molecule has 0 saturated carbocycles. The smallest absolute Gasteiger partial charge is 0.224 e. The maximum Gasteiger partial charge on any atom is 0.224 e. The molecule has 0 aliphatic heterocycles. The summed E-state index contributed by atoms with van der Waals surface area (Å²) in [5.74, 6) is 0.0701. The molecule has 1 rings (SSSR count). The number of rotatable bonds is 7. The minimum Gasteiger partial charge on any atom is -0.379 e. The number of ether oxygens (including phenoxy) is 1. The number of benzene rings is 1. The Kier molecular flexibility index (Phi) is 6.33. The van der Waals surface area contributed by atoms with Crippen molar-refractivity contribution in [2.45, 2.75) is 32.8 Å². The Labute approximate surface area is 103 Å². The summed E-state index contributed by atoms with van der Waals surface area (Å²) in [5, 5.41) is 2.89. The lowest BCUT2D eigenvalue weighted by Gasteiger charge is -2.08. The van der Waals surface area contributed by atoms with Crippen LogP contribution in [0.1, 0.15) is 25.8 Å². The van der Waals surface area contributed by atoms with Crippen molar-refractivity contribution in [3.63, 3.8) is 0 Å². The summed E-state index contributed by atoms with van der Waals surface area (Å²) in [6.45, 7) is 5.39. The molecule has 3 heteroatoms. The summed E-state index contributed by atoms with van der Waals surface area (Å²) >= 11 is 0. The van der Waals surface area contributed by atoms with Gasteiger partial charge in [0.25, 0.3) is 0 Å². The molecule has 0 saturated heterocycles. The predicted molar refractivity (Wildman–Crippen MR) is 68.9 cm³/mol. The molecule has 0 heterocycles. The number of carbonyl (C=O) groups is 1. The third-order valence-corrected chi connectivity index (χ3v) is 2.30. The third-order valence-electron chi connectivity index (χ3n) is 2.30. The van der Waals surface area contributed by atoms with E-state index in [1.165, 1.54) is 0 Å². The maximum atomic E-state index is 11.6. The zero-order chi connectivity index (χ0) is 12.5. The highest BCUT2D eigenvalue weighted by molar-refractivity contribution is 5.78. The molecule has 0 aliphatic rings. The van der Waals surface area contributed by atoms with Crippen molar-refractivity contribution < 1.29 is 9.53 Å². The lowest BCUT2D eigenvalue weighted by Crippen LogP contribution is -2.27. The summed E-state index contributed by atoms with van der Waals surface area (Å²) in [6, 6.07) is 9.76. The molecule has 1 aromatic rings. The summed E-state index contributed by atoms with van der Waals surface area (Å²) in [4.78, 5) is 11.6. The molecule has 0 unspecified atom stereocenters. The van der Waals surface area contributed by atoms with Crippen molar-refractivity contribution in [1.29, 1.82) is 0 Å². The molecule has 0 aromatic heterocycles. The second kappa shape index (κ2) is 7.85. The van der Waals surface area contributed by atoms with Gasteiger partial charge in [-0.3, -0.25) is 4.79 Å². The fourth-order valence-corrected chi connectivity index (χ4v) is 1.46. The van der Waals surface area contributed by atoms with Crippen LogP contribution in [0, 0.1) is 0 Å². The number of nitrogens with one attached hydrogen (secondary N) is 1. The van der Waals surface area contributed by atoms with E-state index in [9.17, 15) is 4.79 Å². The zero-order valence-corrected chi connectivity index (χ0v) is 10.6. The summed E-state index contributed by atoms with van der Waals surface area (Å²) < 4.78 is 5.39. The second-order valence-corrected chi connectivity index (χ2v) is 4.29. The van der Waals surface area contributed by atoms with E-state index in [0.717, 1.165) is 12.0 Å². The van der Waals surface area contributed by atoms with Gasteiger partial charge in [0.2, 0.25) is 5.91 Å². The van der Waals surface area contributed by atoms with Gasteiger partial charge in [0, 0.05) is 13.2 Å². The van der Waals surface area contributed by atoms with E-state index in [4.69, 9.17) is 4.74 Å². The van der Waals surface area contributed by atoms with Crippen LogP contribution in [0.5, 0.6) is 0 Å². The van der Waals surface area contributed by atoms with E-state index in [2.05, 4.69) is 5.32 Å². The number of carbonyl (C=O) groups excluding carboxylic acids is 1. The van der Waals surface area contributed by atoms with E-state index in [1.54, 1.807) is 0 Å². The molecule has 0 spiro atoms. The molecule has 1 aromatic carbocycles. The van der Waals surface area contributed by atoms with Crippen LogP contribution in [0.25, 0.3) is 0 Å². The molecule has 0 bridgehead atoms. The quantitative estimate of drug-likeness (QED) is 0.735. The van der Waals surface area contributed by atoms with E-state index >= 15 is 0 Å². The van der Waals surface area contributed by atoms with Gasteiger partial charge in [-0.15, -0.1) is 0 Å². The predicted octanol–water partition coefficient (Wildman–Crippen LogP) is 2.16. The first-order valence-corrected chi connectivity index (χ1v) is 6.10. The fourth-order valence-electron chi connectivity index (χ4n) is 1.46. The number of hydrogen-bond donors (Lipinski definition) is 1. The highest BCUT2D eigenvalue weighted by Gasteiger charge is 2.01. The lowest BCUT2D eigenvalue weighted by molar-refractivity contribution is -0.120. The van der Waals surface area contributed by atoms with Gasteiger partial charge in [0.05, 0.1) is 12.5 Å². The molecule has 94 valence electrons. The highest BCUT2D eigenvalue weighted by atomic mass is 16.5. The van der Waals surface area contributed by atoms with Crippen LogP contribution in [-0.4, -0.2) is 25.2 Å². The Morgan fingerprint density at radius 1 is 1.29 bits per heavy atom. The Morgan fingerprint density at radius 2 is 2.00 bits per heavy atom. The average molecular weight is 235 g/mol. The summed E-state index contributed by atoms with van der Waals surface area (Å²) in [7, 11) is 0. The first-order chi connectivity index (χ1) is 8.18. The molecule has 0 atom stereocenters. The highest BCUT2D eigenvalue weighted by Crippen LogP contribution is 1.99. The van der Waals surface area contributed by atoms with Crippen molar-refractivity contribution >= 4 is 5.91 Å². The fraction of sp³-hybridized carbons (Fsp3) is 0.500. The van der Waals surface area contributed by atoms with Crippen LogP contribution in [0.15, 0.2) is 30.3 Å². The molecule has 3 nitrogen and oxygen atoms in total. The Morgan fingerprint density at radius 3 is 2.65 bits per heavy atom. The second-order valence-electron chi connectivity index (χ2n) is 4.29. The van der Waals surface area contributed by atoms with Crippen LogP contribution in [0.2, 0.25) is 0 Å². The minimum atomic E-state index is 0.0701. The SMILES string of the molecule is CC(C)OCCCNC(=O)Cc1ccccc1. The zero-order valence-electron chi connectivity index (χ0n) is 10.6. The monoisotopic (exact) mass is 235 g/mol. The Hall–Kier alpha value is -1.35. The normalized spacial score (nSPS) is 10.5. The van der Waals surface area contributed by atoms with Crippen molar-refractivity contribution in [2.75, 3.05) is 13.2 Å². The molecule has 1 amide bonds.